The van der Waals surface area contributed by atoms with E-state index in [1.165, 1.54) is 10.1 Å². The van der Waals surface area contributed by atoms with Crippen LogP contribution in [0.2, 0.25) is 0 Å². The van der Waals surface area contributed by atoms with Crippen LogP contribution in [0.5, 0.6) is 0 Å². The van der Waals surface area contributed by atoms with Crippen LogP contribution in [0.25, 0.3) is 10.1 Å². The average Bonchev–Trinajstić information content (AvgIpc) is 2.73. The summed E-state index contributed by atoms with van der Waals surface area (Å²) >= 11 is 1.66. The number of benzene rings is 1. The van der Waals surface area contributed by atoms with E-state index in [2.05, 4.69) is 23.5 Å². The third-order valence-electron chi connectivity index (χ3n) is 3.32. The first-order valence-electron chi connectivity index (χ1n) is 5.86. The van der Waals surface area contributed by atoms with Crippen LogP contribution in [-0.4, -0.2) is 24.2 Å². The van der Waals surface area contributed by atoms with Gasteiger partial charge in [0.25, 0.3) is 0 Å². The molecule has 1 unspecified atom stereocenters. The second kappa shape index (κ2) is 4.71. The van der Waals surface area contributed by atoms with Gasteiger partial charge in [-0.1, -0.05) is 32.0 Å². The van der Waals surface area contributed by atoms with Gasteiger partial charge >= 0.3 is 5.97 Å². The standard InChI is InChI=1S/C14H17NO2S/c1-14(2,12(15-3)13(16)17)11-8-9-6-4-5-7-10(9)18-11/h4-8,12,15H,1-3H3,(H,16,17). The molecule has 3 nitrogen and oxygen atoms in total. The quantitative estimate of drug-likeness (QED) is 0.891. The van der Waals surface area contributed by atoms with Crippen LogP contribution in [0, 0.1) is 0 Å². The molecule has 96 valence electrons. The molecule has 0 aliphatic carbocycles. The smallest absolute Gasteiger partial charge is 0.321 e. The first-order valence-corrected chi connectivity index (χ1v) is 6.67. The molecule has 0 spiro atoms. The predicted octanol–water partition coefficient (Wildman–Crippen LogP) is 2.85. The Morgan fingerprint density at radius 3 is 2.61 bits per heavy atom. The summed E-state index contributed by atoms with van der Waals surface area (Å²) in [6.45, 7) is 3.93. The number of nitrogens with one attached hydrogen (secondary N) is 1. The van der Waals surface area contributed by atoms with Crippen molar-refractivity contribution in [1.29, 1.82) is 0 Å². The Bertz CT molecular complexity index is 541. The Labute approximate surface area is 110 Å². The minimum absolute atomic E-state index is 0.440. The molecular formula is C14H17NO2S. The van der Waals surface area contributed by atoms with E-state index in [1.54, 1.807) is 18.4 Å². The van der Waals surface area contributed by atoms with Crippen molar-refractivity contribution in [2.75, 3.05) is 7.05 Å². The second-order valence-electron chi connectivity index (χ2n) is 4.93. The number of carboxylic acids is 1. The van der Waals surface area contributed by atoms with Crippen molar-refractivity contribution < 1.29 is 9.90 Å². The lowest BCUT2D eigenvalue weighted by Crippen LogP contribution is -2.48. The van der Waals surface area contributed by atoms with E-state index in [9.17, 15) is 9.90 Å². The molecule has 0 aliphatic rings. The van der Waals surface area contributed by atoms with Crippen molar-refractivity contribution in [3.63, 3.8) is 0 Å². The molecule has 18 heavy (non-hydrogen) atoms. The predicted molar refractivity (Wildman–Crippen MR) is 75.3 cm³/mol. The molecule has 0 bridgehead atoms. The van der Waals surface area contributed by atoms with Crippen molar-refractivity contribution >= 4 is 27.4 Å². The molecule has 0 saturated carbocycles. The third-order valence-corrected chi connectivity index (χ3v) is 4.77. The Morgan fingerprint density at radius 1 is 1.39 bits per heavy atom. The SMILES string of the molecule is CNC(C(=O)O)C(C)(C)c1cc2ccccc2s1. The molecule has 0 fully saturated rings. The average molecular weight is 263 g/mol. The van der Waals surface area contributed by atoms with E-state index in [1.807, 2.05) is 26.0 Å². The van der Waals surface area contributed by atoms with E-state index in [0.29, 0.717) is 0 Å². The van der Waals surface area contributed by atoms with Crippen LogP contribution >= 0.6 is 11.3 Å². The highest BCUT2D eigenvalue weighted by molar-refractivity contribution is 7.19. The summed E-state index contributed by atoms with van der Waals surface area (Å²) in [5.41, 5.74) is -0.440. The summed E-state index contributed by atoms with van der Waals surface area (Å²) < 4.78 is 1.20. The van der Waals surface area contributed by atoms with Crippen LogP contribution in [0.1, 0.15) is 18.7 Å². The van der Waals surface area contributed by atoms with Crippen molar-refractivity contribution in [1.82, 2.24) is 5.32 Å². The second-order valence-corrected chi connectivity index (χ2v) is 6.01. The summed E-state index contributed by atoms with van der Waals surface area (Å²) in [6, 6.07) is 9.62. The number of carbonyl (C=O) groups is 1. The molecule has 1 atom stereocenters. The van der Waals surface area contributed by atoms with E-state index < -0.39 is 17.4 Å². The number of hydrogen-bond acceptors (Lipinski definition) is 3. The van der Waals surface area contributed by atoms with Gasteiger partial charge in [-0.3, -0.25) is 4.79 Å². The molecule has 0 aliphatic heterocycles. The van der Waals surface area contributed by atoms with Gasteiger partial charge in [-0.2, -0.15) is 0 Å². The van der Waals surface area contributed by atoms with Gasteiger partial charge in [0.15, 0.2) is 0 Å². The molecule has 4 heteroatoms. The lowest BCUT2D eigenvalue weighted by Gasteiger charge is -2.30. The van der Waals surface area contributed by atoms with Gasteiger partial charge in [-0.15, -0.1) is 11.3 Å². The maximum Gasteiger partial charge on any atom is 0.321 e. The molecule has 2 rings (SSSR count). The normalized spacial score (nSPS) is 13.7. The monoisotopic (exact) mass is 263 g/mol. The molecule has 1 heterocycles. The van der Waals surface area contributed by atoms with Crippen LogP contribution < -0.4 is 5.32 Å². The van der Waals surface area contributed by atoms with E-state index in [0.717, 1.165) is 4.88 Å². The Kier molecular flexibility index (Phi) is 3.41. The van der Waals surface area contributed by atoms with Crippen molar-refractivity contribution in [3.8, 4) is 0 Å². The highest BCUT2D eigenvalue weighted by Crippen LogP contribution is 2.36. The number of hydrogen-bond donors (Lipinski definition) is 2. The largest absolute Gasteiger partial charge is 0.480 e. The minimum Gasteiger partial charge on any atom is -0.480 e. The summed E-state index contributed by atoms with van der Waals surface area (Å²) in [7, 11) is 1.69. The van der Waals surface area contributed by atoms with Crippen LogP contribution in [-0.2, 0) is 10.2 Å². The number of likely N-dealkylation sites (N-methyl/N-ethyl adjacent to an activating group) is 1. The molecule has 0 amide bonds. The summed E-state index contributed by atoms with van der Waals surface area (Å²) in [5, 5.41) is 13.4. The van der Waals surface area contributed by atoms with E-state index in [4.69, 9.17) is 0 Å². The van der Waals surface area contributed by atoms with E-state index >= 15 is 0 Å². The zero-order valence-corrected chi connectivity index (χ0v) is 11.5. The van der Waals surface area contributed by atoms with E-state index in [-0.39, 0.29) is 0 Å². The van der Waals surface area contributed by atoms with Gasteiger partial charge in [0, 0.05) is 15.0 Å². The fourth-order valence-electron chi connectivity index (χ4n) is 2.23. The maximum absolute atomic E-state index is 11.3. The number of fused-ring (bicyclic) bond motifs is 1. The maximum atomic E-state index is 11.3. The molecule has 1 aromatic heterocycles. The number of thiophene rings is 1. The Balaban J connectivity index is 2.48. The molecule has 2 N–H and O–H groups in total. The highest BCUT2D eigenvalue weighted by atomic mass is 32.1. The van der Waals surface area contributed by atoms with Crippen LogP contribution in [0.3, 0.4) is 0 Å². The number of aliphatic carboxylic acids is 1. The zero-order chi connectivity index (χ0) is 13.3. The van der Waals surface area contributed by atoms with Gasteiger partial charge in [-0.25, -0.2) is 0 Å². The van der Waals surface area contributed by atoms with Crippen molar-refractivity contribution in [3.05, 3.63) is 35.2 Å². The first-order chi connectivity index (χ1) is 8.46. The minimum atomic E-state index is -0.819. The fourth-order valence-corrected chi connectivity index (χ4v) is 3.43. The Morgan fingerprint density at radius 2 is 2.06 bits per heavy atom. The lowest BCUT2D eigenvalue weighted by molar-refractivity contribution is -0.141. The number of carboxylic acid groups (broad SMARTS) is 1. The van der Waals surface area contributed by atoms with Gasteiger partial charge in [0.05, 0.1) is 0 Å². The molecule has 0 saturated heterocycles. The summed E-state index contributed by atoms with van der Waals surface area (Å²) in [4.78, 5) is 12.4. The van der Waals surface area contributed by atoms with Gasteiger partial charge < -0.3 is 10.4 Å². The van der Waals surface area contributed by atoms with Gasteiger partial charge in [0.1, 0.15) is 6.04 Å². The third kappa shape index (κ3) is 2.13. The van der Waals surface area contributed by atoms with Crippen molar-refractivity contribution in [2.45, 2.75) is 25.3 Å². The molecular weight excluding hydrogens is 246 g/mol. The first kappa shape index (κ1) is 13.1. The van der Waals surface area contributed by atoms with Gasteiger partial charge in [-0.05, 0) is 24.6 Å². The number of rotatable bonds is 4. The van der Waals surface area contributed by atoms with Crippen LogP contribution in [0.15, 0.2) is 30.3 Å². The summed E-state index contributed by atoms with van der Waals surface area (Å²) in [5.74, 6) is -0.819. The molecule has 2 aromatic rings. The van der Waals surface area contributed by atoms with Gasteiger partial charge in [0.2, 0.25) is 0 Å². The highest BCUT2D eigenvalue weighted by Gasteiger charge is 2.36. The topological polar surface area (TPSA) is 49.3 Å². The van der Waals surface area contributed by atoms with Crippen molar-refractivity contribution in [2.24, 2.45) is 0 Å². The Hall–Kier alpha value is -1.39. The zero-order valence-electron chi connectivity index (χ0n) is 10.7. The van der Waals surface area contributed by atoms with Crippen LogP contribution in [0.4, 0.5) is 0 Å². The lowest BCUT2D eigenvalue weighted by atomic mass is 9.82. The fraction of sp³-hybridized carbons (Fsp3) is 0.357. The molecule has 1 aromatic carbocycles. The molecule has 0 radical (unpaired) electrons. The summed E-state index contributed by atoms with van der Waals surface area (Å²) in [6.07, 6.45) is 0.